The topological polar surface area (TPSA) is 68.5 Å². The summed E-state index contributed by atoms with van der Waals surface area (Å²) in [5.74, 6) is 2.76. The lowest BCUT2D eigenvalue weighted by Crippen LogP contribution is -2.37. The van der Waals surface area contributed by atoms with Gasteiger partial charge in [-0.15, -0.1) is 0 Å². The number of aromatic nitrogens is 2. The van der Waals surface area contributed by atoms with Crippen molar-refractivity contribution in [1.82, 2.24) is 15.0 Å². The van der Waals surface area contributed by atoms with Crippen molar-refractivity contribution in [2.24, 2.45) is 29.6 Å². The Morgan fingerprint density at radius 3 is 2.92 bits per heavy atom. The molecule has 138 valence electrons. The van der Waals surface area contributed by atoms with Crippen LogP contribution < -0.4 is 0 Å². The van der Waals surface area contributed by atoms with Gasteiger partial charge in [-0.05, 0) is 30.6 Å². The molecule has 6 heteroatoms. The molecule has 3 rings (SSSR count). The van der Waals surface area contributed by atoms with Crippen molar-refractivity contribution in [3.05, 3.63) is 23.9 Å². The van der Waals surface area contributed by atoms with Gasteiger partial charge in [0, 0.05) is 19.5 Å². The number of esters is 1. The number of carbonyl (C=O) groups excluding carboxylic acids is 1. The zero-order valence-electron chi connectivity index (χ0n) is 15.6. The van der Waals surface area contributed by atoms with Crippen LogP contribution in [-0.4, -0.2) is 40.7 Å². The zero-order chi connectivity index (χ0) is 18.0. The van der Waals surface area contributed by atoms with Crippen LogP contribution in [0.2, 0.25) is 0 Å². The molecule has 1 saturated heterocycles. The first-order chi connectivity index (χ1) is 12.0. The Hall–Kier alpha value is -1.69. The predicted molar refractivity (Wildman–Crippen MR) is 93.5 cm³/mol. The van der Waals surface area contributed by atoms with E-state index in [4.69, 9.17) is 9.26 Å². The van der Waals surface area contributed by atoms with Gasteiger partial charge in [0.25, 0.3) is 0 Å². The van der Waals surface area contributed by atoms with Gasteiger partial charge in [-0.25, -0.2) is 0 Å². The molecule has 2 aliphatic rings. The summed E-state index contributed by atoms with van der Waals surface area (Å²) in [4.78, 5) is 19.2. The van der Waals surface area contributed by atoms with Crippen molar-refractivity contribution in [3.8, 4) is 0 Å². The number of fused-ring (bicyclic) bond motifs is 1. The quantitative estimate of drug-likeness (QED) is 0.582. The molecule has 0 spiro atoms. The Kier molecular flexibility index (Phi) is 5.57. The molecule has 0 saturated carbocycles. The third-order valence-corrected chi connectivity index (χ3v) is 5.19. The highest BCUT2D eigenvalue weighted by atomic mass is 16.5. The summed E-state index contributed by atoms with van der Waals surface area (Å²) in [5, 5.41) is 4.11. The molecule has 0 radical (unpaired) electrons. The molecule has 0 aromatic carbocycles. The van der Waals surface area contributed by atoms with Crippen LogP contribution in [0.25, 0.3) is 0 Å². The van der Waals surface area contributed by atoms with Crippen LogP contribution in [0.3, 0.4) is 0 Å². The van der Waals surface area contributed by atoms with Crippen molar-refractivity contribution in [1.29, 1.82) is 0 Å². The minimum atomic E-state index is -0.0602. The maximum Gasteiger partial charge on any atom is 0.309 e. The summed E-state index contributed by atoms with van der Waals surface area (Å²) >= 11 is 0. The van der Waals surface area contributed by atoms with Gasteiger partial charge in [-0.2, -0.15) is 4.98 Å². The summed E-state index contributed by atoms with van der Waals surface area (Å²) in [7, 11) is 0. The minimum Gasteiger partial charge on any atom is -0.466 e. The Balaban J connectivity index is 1.64. The van der Waals surface area contributed by atoms with E-state index in [0.717, 1.165) is 25.3 Å². The average Bonchev–Trinajstić information content (AvgIpc) is 3.13. The fraction of sp³-hybridized carbons (Fsp3) is 0.737. The van der Waals surface area contributed by atoms with E-state index in [0.29, 0.717) is 36.8 Å². The average molecular weight is 347 g/mol. The van der Waals surface area contributed by atoms with Crippen molar-refractivity contribution in [3.63, 3.8) is 0 Å². The highest BCUT2D eigenvalue weighted by molar-refractivity contribution is 5.74. The Morgan fingerprint density at radius 1 is 1.40 bits per heavy atom. The Labute approximate surface area is 149 Å². The van der Waals surface area contributed by atoms with Crippen molar-refractivity contribution >= 4 is 5.97 Å². The molecule has 4 atom stereocenters. The first kappa shape index (κ1) is 18.1. The molecule has 0 amide bonds. The van der Waals surface area contributed by atoms with Crippen LogP contribution in [-0.2, 0) is 22.5 Å². The molecule has 0 unspecified atom stereocenters. The van der Waals surface area contributed by atoms with Crippen LogP contribution in [0.4, 0.5) is 0 Å². The monoisotopic (exact) mass is 347 g/mol. The molecule has 1 fully saturated rings. The number of rotatable bonds is 6. The number of ether oxygens (including phenoxy) is 1. The number of carbonyl (C=O) groups is 1. The van der Waals surface area contributed by atoms with E-state index >= 15 is 0 Å². The summed E-state index contributed by atoms with van der Waals surface area (Å²) in [6.07, 6.45) is 5.25. The smallest absolute Gasteiger partial charge is 0.309 e. The number of nitrogens with zero attached hydrogens (tertiary/aromatic N) is 3. The molecule has 6 nitrogen and oxygen atoms in total. The van der Waals surface area contributed by atoms with Crippen molar-refractivity contribution in [2.75, 3.05) is 19.7 Å². The van der Waals surface area contributed by atoms with Gasteiger partial charge >= 0.3 is 5.97 Å². The Bertz CT molecular complexity index is 625. The number of hydrogen-bond acceptors (Lipinski definition) is 6. The molecule has 0 N–H and O–H groups in total. The molecule has 1 aromatic heterocycles. The maximum atomic E-state index is 12.4. The van der Waals surface area contributed by atoms with Gasteiger partial charge in [0.2, 0.25) is 5.89 Å². The van der Waals surface area contributed by atoms with E-state index in [2.05, 4.69) is 48.0 Å². The summed E-state index contributed by atoms with van der Waals surface area (Å²) in [6, 6.07) is 0. The predicted octanol–water partition coefficient (Wildman–Crippen LogP) is 2.70. The second-order valence-electron chi connectivity index (χ2n) is 7.75. The summed E-state index contributed by atoms with van der Waals surface area (Å²) in [6.45, 7) is 11.2. The molecule has 1 aromatic rings. The van der Waals surface area contributed by atoms with Gasteiger partial charge in [-0.1, -0.05) is 38.1 Å². The third-order valence-electron chi connectivity index (χ3n) is 5.19. The SMILES string of the molecule is CCOC(=O)[C@@H]1[C@H]2CN(Cc3noc(CC(C)C)n3)C[C@@H]2C=C[C@@H]1C. The highest BCUT2D eigenvalue weighted by Gasteiger charge is 2.44. The number of allylic oxidation sites excluding steroid dienone is 1. The van der Waals surface area contributed by atoms with E-state index in [1.807, 2.05) is 6.92 Å². The lowest BCUT2D eigenvalue weighted by atomic mass is 9.72. The number of hydrogen-bond donors (Lipinski definition) is 0. The summed E-state index contributed by atoms with van der Waals surface area (Å²) in [5.41, 5.74) is 0. The van der Waals surface area contributed by atoms with E-state index in [9.17, 15) is 4.79 Å². The molecular formula is C19H29N3O3. The number of likely N-dealkylation sites (tertiary alicyclic amines) is 1. The standard InChI is InChI=1S/C19H29N3O3/c1-5-24-19(23)18-13(4)6-7-14-9-22(10-15(14)18)11-16-20-17(25-21-16)8-12(2)3/h6-7,12-15,18H,5,8-11H2,1-4H3/t13-,14-,15-,18-/m0/s1. The summed E-state index contributed by atoms with van der Waals surface area (Å²) < 4.78 is 10.7. The van der Waals surface area contributed by atoms with E-state index in [1.165, 1.54) is 0 Å². The lowest BCUT2D eigenvalue weighted by Gasteiger charge is -2.32. The second-order valence-corrected chi connectivity index (χ2v) is 7.75. The molecule has 2 heterocycles. The van der Waals surface area contributed by atoms with Gasteiger partial charge in [-0.3, -0.25) is 9.69 Å². The van der Waals surface area contributed by atoms with Crippen LogP contribution in [0.15, 0.2) is 16.7 Å². The molecule has 1 aliphatic carbocycles. The van der Waals surface area contributed by atoms with Gasteiger partial charge in [0.15, 0.2) is 5.82 Å². The maximum absolute atomic E-state index is 12.4. The molecule has 25 heavy (non-hydrogen) atoms. The largest absolute Gasteiger partial charge is 0.466 e. The first-order valence-corrected chi connectivity index (χ1v) is 9.36. The van der Waals surface area contributed by atoms with Crippen LogP contribution in [0.1, 0.15) is 39.4 Å². The fourth-order valence-electron chi connectivity index (χ4n) is 4.10. The van der Waals surface area contributed by atoms with Crippen LogP contribution >= 0.6 is 0 Å². The zero-order valence-corrected chi connectivity index (χ0v) is 15.6. The lowest BCUT2D eigenvalue weighted by molar-refractivity contribution is -0.152. The highest BCUT2D eigenvalue weighted by Crippen LogP contribution is 2.40. The Morgan fingerprint density at radius 2 is 2.20 bits per heavy atom. The first-order valence-electron chi connectivity index (χ1n) is 9.36. The molecular weight excluding hydrogens is 318 g/mol. The third kappa shape index (κ3) is 4.11. The van der Waals surface area contributed by atoms with Crippen molar-refractivity contribution < 1.29 is 14.1 Å². The van der Waals surface area contributed by atoms with Crippen LogP contribution in [0, 0.1) is 29.6 Å². The van der Waals surface area contributed by atoms with Crippen molar-refractivity contribution in [2.45, 2.75) is 40.7 Å². The molecule has 1 aliphatic heterocycles. The van der Waals surface area contributed by atoms with Gasteiger partial charge in [0.05, 0.1) is 19.1 Å². The second kappa shape index (κ2) is 7.68. The van der Waals surface area contributed by atoms with Gasteiger partial charge in [0.1, 0.15) is 0 Å². The minimum absolute atomic E-state index is 0.0540. The van der Waals surface area contributed by atoms with E-state index in [-0.39, 0.29) is 17.8 Å². The fourth-order valence-corrected chi connectivity index (χ4v) is 4.10. The van der Waals surface area contributed by atoms with Crippen LogP contribution in [0.5, 0.6) is 0 Å². The van der Waals surface area contributed by atoms with E-state index < -0.39 is 0 Å². The molecule has 0 bridgehead atoms. The van der Waals surface area contributed by atoms with Gasteiger partial charge < -0.3 is 9.26 Å². The van der Waals surface area contributed by atoms with E-state index in [1.54, 1.807) is 0 Å². The normalized spacial score (nSPS) is 29.2.